The van der Waals surface area contributed by atoms with Crippen molar-refractivity contribution in [1.82, 2.24) is 5.32 Å². The minimum absolute atomic E-state index is 0.162. The van der Waals surface area contributed by atoms with Crippen LogP contribution in [0, 0.1) is 0 Å². The van der Waals surface area contributed by atoms with Crippen LogP contribution in [0.3, 0.4) is 0 Å². The van der Waals surface area contributed by atoms with Crippen LogP contribution in [0.25, 0.3) is 0 Å². The largest absolute Gasteiger partial charge is 0.460 e. The zero-order chi connectivity index (χ0) is 19.6. The van der Waals surface area contributed by atoms with E-state index in [1.807, 2.05) is 91.0 Å². The second-order valence-corrected chi connectivity index (χ2v) is 7.26. The van der Waals surface area contributed by atoms with E-state index in [0.29, 0.717) is 0 Å². The zero-order valence-electron chi connectivity index (χ0n) is 15.3. The number of ether oxygens (including phenoxy) is 1. The molecule has 0 radical (unpaired) electrons. The molecule has 1 unspecified atom stereocenters. The topological polar surface area (TPSA) is 55.4 Å². The molecule has 0 aromatic heterocycles. The lowest BCUT2D eigenvalue weighted by Crippen LogP contribution is -2.33. The molecule has 0 heterocycles. The third kappa shape index (κ3) is 5.99. The van der Waals surface area contributed by atoms with Gasteiger partial charge in [0.1, 0.15) is 18.4 Å². The maximum absolute atomic E-state index is 12.8. The van der Waals surface area contributed by atoms with Crippen LogP contribution in [-0.4, -0.2) is 18.4 Å². The number of esters is 1. The van der Waals surface area contributed by atoms with E-state index in [2.05, 4.69) is 5.32 Å². The van der Waals surface area contributed by atoms with Gasteiger partial charge < -0.3 is 10.1 Å². The summed E-state index contributed by atoms with van der Waals surface area (Å²) >= 11 is 1.45. The van der Waals surface area contributed by atoms with Crippen LogP contribution in [0.1, 0.15) is 16.4 Å². The maximum atomic E-state index is 12.8. The molecule has 0 aliphatic rings. The number of hydrogen-bond acceptors (Lipinski definition) is 4. The lowest BCUT2D eigenvalue weighted by Gasteiger charge is -2.17. The summed E-state index contributed by atoms with van der Waals surface area (Å²) in [5.74, 6) is -0.689. The molecule has 0 saturated carbocycles. The van der Waals surface area contributed by atoms with Crippen LogP contribution in [0.2, 0.25) is 0 Å². The number of thioether (sulfide) groups is 1. The van der Waals surface area contributed by atoms with Gasteiger partial charge in [0.05, 0.1) is 0 Å². The Labute approximate surface area is 168 Å². The average Bonchev–Trinajstić information content (AvgIpc) is 2.76. The van der Waals surface area contributed by atoms with E-state index in [9.17, 15) is 9.59 Å². The van der Waals surface area contributed by atoms with Crippen molar-refractivity contribution in [3.05, 3.63) is 102 Å². The molecule has 3 aromatic carbocycles. The highest BCUT2D eigenvalue weighted by Gasteiger charge is 2.22. The van der Waals surface area contributed by atoms with E-state index in [0.717, 1.165) is 16.0 Å². The first-order chi connectivity index (χ1) is 13.7. The maximum Gasteiger partial charge on any atom is 0.325 e. The third-order valence-electron chi connectivity index (χ3n) is 3.99. The Morgan fingerprint density at radius 2 is 1.39 bits per heavy atom. The molecule has 4 nitrogen and oxygen atoms in total. The third-order valence-corrected chi connectivity index (χ3v) is 5.25. The summed E-state index contributed by atoms with van der Waals surface area (Å²) in [7, 11) is 0. The fraction of sp³-hybridized carbons (Fsp3) is 0.130. The van der Waals surface area contributed by atoms with Gasteiger partial charge in [-0.1, -0.05) is 78.9 Å². The van der Waals surface area contributed by atoms with Gasteiger partial charge in [-0.05, 0) is 23.3 Å². The molecule has 28 heavy (non-hydrogen) atoms. The molecule has 5 heteroatoms. The Hall–Kier alpha value is -3.05. The molecule has 1 N–H and O–H groups in total. The Balaban J connectivity index is 1.58. The summed E-state index contributed by atoms with van der Waals surface area (Å²) in [4.78, 5) is 25.8. The van der Waals surface area contributed by atoms with Gasteiger partial charge in [0.25, 0.3) is 0 Å². The minimum atomic E-state index is -0.464. The highest BCUT2D eigenvalue weighted by molar-refractivity contribution is 8.00. The average molecular weight is 391 g/mol. The van der Waals surface area contributed by atoms with E-state index in [1.165, 1.54) is 11.8 Å². The molecule has 0 spiro atoms. The van der Waals surface area contributed by atoms with E-state index >= 15 is 0 Å². The second kappa shape index (κ2) is 10.3. The van der Waals surface area contributed by atoms with Crippen LogP contribution in [-0.2, 0) is 20.9 Å². The van der Waals surface area contributed by atoms with Crippen LogP contribution in [0.4, 0.5) is 0 Å². The number of benzene rings is 3. The first-order valence-corrected chi connectivity index (χ1v) is 9.84. The van der Waals surface area contributed by atoms with Gasteiger partial charge in [-0.25, -0.2) is 0 Å². The number of carbonyl (C=O) groups is 2. The molecular formula is C23H21NO3S. The Bertz CT molecular complexity index is 885. The molecular weight excluding hydrogens is 370 g/mol. The fourth-order valence-electron chi connectivity index (χ4n) is 2.58. The van der Waals surface area contributed by atoms with Crippen molar-refractivity contribution >= 4 is 23.6 Å². The van der Waals surface area contributed by atoms with Crippen LogP contribution in [0.15, 0.2) is 95.9 Å². The summed E-state index contributed by atoms with van der Waals surface area (Å²) in [6.07, 6.45) is 0. The molecule has 142 valence electrons. The fourth-order valence-corrected chi connectivity index (χ4v) is 3.65. The molecule has 1 atom stereocenters. The van der Waals surface area contributed by atoms with Crippen molar-refractivity contribution in [2.24, 2.45) is 0 Å². The van der Waals surface area contributed by atoms with Crippen molar-refractivity contribution in [2.75, 3.05) is 6.54 Å². The van der Waals surface area contributed by atoms with Crippen molar-refractivity contribution in [3.8, 4) is 0 Å². The Morgan fingerprint density at radius 1 is 0.821 bits per heavy atom. The SMILES string of the molecule is O=C(CNC(=O)C(Sc1ccccc1)c1ccccc1)OCc1ccccc1. The van der Waals surface area contributed by atoms with E-state index in [4.69, 9.17) is 4.74 Å². The van der Waals surface area contributed by atoms with Gasteiger partial charge in [-0.2, -0.15) is 0 Å². The van der Waals surface area contributed by atoms with Crippen LogP contribution >= 0.6 is 11.8 Å². The van der Waals surface area contributed by atoms with Crippen molar-refractivity contribution in [3.63, 3.8) is 0 Å². The lowest BCUT2D eigenvalue weighted by molar-refractivity contribution is -0.145. The molecule has 0 aliphatic heterocycles. The van der Waals surface area contributed by atoms with Gasteiger partial charge in [0.2, 0.25) is 5.91 Å². The predicted molar refractivity (Wildman–Crippen MR) is 111 cm³/mol. The standard InChI is InChI=1S/C23H21NO3S/c25-21(27-17-18-10-4-1-5-11-18)16-24-23(26)22(19-12-6-2-7-13-19)28-20-14-8-3-9-15-20/h1-15,22H,16-17H2,(H,24,26). The van der Waals surface area contributed by atoms with Crippen LogP contribution < -0.4 is 5.32 Å². The van der Waals surface area contributed by atoms with Crippen molar-refractivity contribution < 1.29 is 14.3 Å². The predicted octanol–water partition coefficient (Wildman–Crippen LogP) is 4.38. The number of rotatable bonds is 8. The quantitative estimate of drug-likeness (QED) is 0.457. The van der Waals surface area contributed by atoms with Crippen LogP contribution in [0.5, 0.6) is 0 Å². The molecule has 0 bridgehead atoms. The molecule has 3 rings (SSSR count). The van der Waals surface area contributed by atoms with Gasteiger partial charge >= 0.3 is 5.97 Å². The monoisotopic (exact) mass is 391 g/mol. The second-order valence-electron chi connectivity index (χ2n) is 6.09. The summed E-state index contributed by atoms with van der Waals surface area (Å²) in [5.41, 5.74) is 1.79. The summed E-state index contributed by atoms with van der Waals surface area (Å²) < 4.78 is 5.22. The van der Waals surface area contributed by atoms with Gasteiger partial charge in [0.15, 0.2) is 0 Å². The molecule has 0 saturated heterocycles. The first kappa shape index (κ1) is 19.7. The zero-order valence-corrected chi connectivity index (χ0v) is 16.1. The summed E-state index contributed by atoms with van der Waals surface area (Å²) in [6, 6.07) is 28.7. The van der Waals surface area contributed by atoms with E-state index in [1.54, 1.807) is 0 Å². The summed E-state index contributed by atoms with van der Waals surface area (Å²) in [5, 5.41) is 2.25. The van der Waals surface area contributed by atoms with Gasteiger partial charge in [-0.15, -0.1) is 11.8 Å². The molecule has 3 aromatic rings. The lowest BCUT2D eigenvalue weighted by atomic mass is 10.1. The van der Waals surface area contributed by atoms with Gasteiger partial charge in [0, 0.05) is 4.90 Å². The number of hydrogen-bond donors (Lipinski definition) is 1. The molecule has 0 fully saturated rings. The minimum Gasteiger partial charge on any atom is -0.460 e. The first-order valence-electron chi connectivity index (χ1n) is 8.96. The summed E-state index contributed by atoms with van der Waals surface area (Å²) in [6.45, 7) is 0.0285. The van der Waals surface area contributed by atoms with E-state index in [-0.39, 0.29) is 19.1 Å². The Kier molecular flexibility index (Phi) is 7.27. The van der Waals surface area contributed by atoms with Crippen molar-refractivity contribution in [1.29, 1.82) is 0 Å². The van der Waals surface area contributed by atoms with Crippen molar-refractivity contribution in [2.45, 2.75) is 16.8 Å². The number of amides is 1. The smallest absolute Gasteiger partial charge is 0.325 e. The number of nitrogens with one attached hydrogen (secondary N) is 1. The highest BCUT2D eigenvalue weighted by Crippen LogP contribution is 2.35. The van der Waals surface area contributed by atoms with E-state index < -0.39 is 11.2 Å². The number of carbonyl (C=O) groups excluding carboxylic acids is 2. The molecule has 1 amide bonds. The van der Waals surface area contributed by atoms with Gasteiger partial charge in [-0.3, -0.25) is 9.59 Å². The normalized spacial score (nSPS) is 11.4. The molecule has 0 aliphatic carbocycles. The Morgan fingerprint density at radius 3 is 2.04 bits per heavy atom. The highest BCUT2D eigenvalue weighted by atomic mass is 32.2.